The van der Waals surface area contributed by atoms with Crippen molar-refractivity contribution >= 4 is 0 Å². The molecule has 1 aromatic rings. The Labute approximate surface area is 111 Å². The summed E-state index contributed by atoms with van der Waals surface area (Å²) < 4.78 is 2.06. The van der Waals surface area contributed by atoms with E-state index in [1.165, 1.54) is 5.69 Å². The highest BCUT2D eigenvalue weighted by Crippen LogP contribution is 2.16. The minimum absolute atomic E-state index is 0.0712. The van der Waals surface area contributed by atoms with E-state index in [1.807, 2.05) is 19.6 Å². The number of aryl methyl sites for hydroxylation is 1. The molecule has 0 aliphatic heterocycles. The summed E-state index contributed by atoms with van der Waals surface area (Å²) in [6.45, 7) is 9.59. The molecule has 18 heavy (non-hydrogen) atoms. The predicted octanol–water partition coefficient (Wildman–Crippen LogP) is 2.90. The van der Waals surface area contributed by atoms with Gasteiger partial charge in [-0.3, -0.25) is 0 Å². The van der Waals surface area contributed by atoms with Crippen LogP contribution >= 0.6 is 0 Å². The molecular formula is C15H25N3. The molecule has 0 aliphatic carbocycles. The van der Waals surface area contributed by atoms with Crippen molar-refractivity contribution < 1.29 is 0 Å². The summed E-state index contributed by atoms with van der Waals surface area (Å²) in [6, 6.07) is 0.271. The summed E-state index contributed by atoms with van der Waals surface area (Å²) in [6.07, 6.45) is 5.72. The number of nitrogens with one attached hydrogen (secondary N) is 1. The van der Waals surface area contributed by atoms with E-state index in [0.717, 1.165) is 19.4 Å². The van der Waals surface area contributed by atoms with Gasteiger partial charge in [-0.15, -0.1) is 5.92 Å². The first kappa shape index (κ1) is 14.8. The number of hydrogen-bond donors (Lipinski definition) is 1. The average Bonchev–Trinajstić information content (AvgIpc) is 2.68. The first-order valence-corrected chi connectivity index (χ1v) is 6.63. The van der Waals surface area contributed by atoms with Crippen molar-refractivity contribution in [1.29, 1.82) is 0 Å². The number of rotatable bonds is 5. The van der Waals surface area contributed by atoms with E-state index < -0.39 is 0 Å². The molecule has 1 unspecified atom stereocenters. The molecule has 0 spiro atoms. The predicted molar refractivity (Wildman–Crippen MR) is 76.1 cm³/mol. The molecule has 1 N–H and O–H groups in total. The molecule has 1 atom stereocenters. The van der Waals surface area contributed by atoms with E-state index in [4.69, 9.17) is 0 Å². The van der Waals surface area contributed by atoms with Crippen molar-refractivity contribution in [2.45, 2.75) is 46.6 Å². The molecule has 0 bridgehead atoms. The van der Waals surface area contributed by atoms with Crippen LogP contribution in [-0.4, -0.2) is 16.1 Å². The zero-order valence-corrected chi connectivity index (χ0v) is 12.2. The molecule has 3 heteroatoms. The van der Waals surface area contributed by atoms with Gasteiger partial charge in [0.15, 0.2) is 0 Å². The first-order chi connectivity index (χ1) is 8.44. The van der Waals surface area contributed by atoms with Crippen molar-refractivity contribution in [2.75, 3.05) is 6.54 Å². The third kappa shape index (κ3) is 4.93. The summed E-state index contributed by atoms with van der Waals surface area (Å²) >= 11 is 0. The largest absolute Gasteiger partial charge is 0.336 e. The molecule has 100 valence electrons. The smallest absolute Gasteiger partial charge is 0.0946 e. The molecule has 1 heterocycles. The second kappa shape index (κ2) is 6.61. The number of hydrogen-bond acceptors (Lipinski definition) is 2. The fourth-order valence-corrected chi connectivity index (χ4v) is 1.72. The zero-order valence-electron chi connectivity index (χ0n) is 12.2. The molecule has 0 saturated heterocycles. The van der Waals surface area contributed by atoms with E-state index in [9.17, 15) is 0 Å². The van der Waals surface area contributed by atoms with Crippen LogP contribution in [0.3, 0.4) is 0 Å². The molecule has 0 aromatic carbocycles. The van der Waals surface area contributed by atoms with E-state index in [1.54, 1.807) is 0 Å². The van der Waals surface area contributed by atoms with E-state index in [0.29, 0.717) is 0 Å². The third-order valence-electron chi connectivity index (χ3n) is 2.62. The zero-order chi connectivity index (χ0) is 13.6. The highest BCUT2D eigenvalue weighted by molar-refractivity contribution is 5.13. The molecule has 3 nitrogen and oxygen atoms in total. The van der Waals surface area contributed by atoms with Crippen LogP contribution in [0.1, 0.15) is 52.3 Å². The van der Waals surface area contributed by atoms with Crippen LogP contribution in [-0.2, 0) is 7.05 Å². The van der Waals surface area contributed by atoms with Crippen LogP contribution in [0.25, 0.3) is 0 Å². The molecule has 1 rings (SSSR count). The Morgan fingerprint density at radius 1 is 1.44 bits per heavy atom. The molecule has 0 fully saturated rings. The van der Waals surface area contributed by atoms with Gasteiger partial charge in [0, 0.05) is 25.1 Å². The maximum Gasteiger partial charge on any atom is 0.0946 e. The van der Waals surface area contributed by atoms with Crippen molar-refractivity contribution in [3.8, 4) is 11.8 Å². The standard InChI is InChI=1S/C15H25N3/c1-6-10-17-13(8-7-9-15(2,3)4)14-11-16-12-18(14)5/h11-13,17H,6,8,10H2,1-5H3. The van der Waals surface area contributed by atoms with Crippen molar-refractivity contribution in [3.63, 3.8) is 0 Å². The minimum Gasteiger partial charge on any atom is -0.336 e. The monoisotopic (exact) mass is 247 g/mol. The van der Waals surface area contributed by atoms with Crippen LogP contribution in [0.15, 0.2) is 12.5 Å². The van der Waals surface area contributed by atoms with Crippen LogP contribution in [0.5, 0.6) is 0 Å². The highest BCUT2D eigenvalue weighted by Gasteiger charge is 2.13. The Hall–Kier alpha value is -1.27. The van der Waals surface area contributed by atoms with Gasteiger partial charge in [0.2, 0.25) is 0 Å². The van der Waals surface area contributed by atoms with Gasteiger partial charge in [-0.05, 0) is 33.7 Å². The Kier molecular flexibility index (Phi) is 5.43. The van der Waals surface area contributed by atoms with Crippen molar-refractivity contribution in [2.24, 2.45) is 12.5 Å². The summed E-state index contributed by atoms with van der Waals surface area (Å²) in [5, 5.41) is 3.54. The van der Waals surface area contributed by atoms with Gasteiger partial charge < -0.3 is 9.88 Å². The van der Waals surface area contributed by atoms with Gasteiger partial charge in [0.05, 0.1) is 18.1 Å². The average molecular weight is 247 g/mol. The van der Waals surface area contributed by atoms with Gasteiger partial charge >= 0.3 is 0 Å². The molecule has 0 saturated carbocycles. The van der Waals surface area contributed by atoms with Gasteiger partial charge in [-0.25, -0.2) is 4.98 Å². The summed E-state index contributed by atoms with van der Waals surface area (Å²) in [7, 11) is 2.03. The molecule has 0 aliphatic rings. The lowest BCUT2D eigenvalue weighted by Crippen LogP contribution is -2.23. The second-order valence-electron chi connectivity index (χ2n) is 5.69. The third-order valence-corrected chi connectivity index (χ3v) is 2.62. The normalized spacial score (nSPS) is 12.9. The highest BCUT2D eigenvalue weighted by atomic mass is 15.1. The number of nitrogens with zero attached hydrogens (tertiary/aromatic N) is 2. The second-order valence-corrected chi connectivity index (χ2v) is 5.69. The lowest BCUT2D eigenvalue weighted by atomic mass is 9.97. The van der Waals surface area contributed by atoms with Gasteiger partial charge in [0.25, 0.3) is 0 Å². The van der Waals surface area contributed by atoms with Crippen LogP contribution < -0.4 is 5.32 Å². The molecule has 0 amide bonds. The van der Waals surface area contributed by atoms with E-state index >= 15 is 0 Å². The quantitative estimate of drug-likeness (QED) is 0.811. The van der Waals surface area contributed by atoms with Gasteiger partial charge in [0.1, 0.15) is 0 Å². The number of imidazole rings is 1. The van der Waals surface area contributed by atoms with Crippen molar-refractivity contribution in [1.82, 2.24) is 14.9 Å². The van der Waals surface area contributed by atoms with Crippen LogP contribution in [0, 0.1) is 17.3 Å². The van der Waals surface area contributed by atoms with Crippen molar-refractivity contribution in [3.05, 3.63) is 18.2 Å². The van der Waals surface area contributed by atoms with E-state index in [2.05, 4.69) is 54.4 Å². The maximum absolute atomic E-state index is 4.18. The van der Waals surface area contributed by atoms with E-state index in [-0.39, 0.29) is 11.5 Å². The van der Waals surface area contributed by atoms with Gasteiger partial charge in [-0.2, -0.15) is 0 Å². The molecular weight excluding hydrogens is 222 g/mol. The Balaban J connectivity index is 2.73. The minimum atomic E-state index is 0.0712. The Bertz CT molecular complexity index is 415. The lowest BCUT2D eigenvalue weighted by molar-refractivity contribution is 0.514. The van der Waals surface area contributed by atoms with Crippen LogP contribution in [0.2, 0.25) is 0 Å². The fraction of sp³-hybridized carbons (Fsp3) is 0.667. The fourth-order valence-electron chi connectivity index (χ4n) is 1.72. The van der Waals surface area contributed by atoms with Gasteiger partial charge in [-0.1, -0.05) is 12.8 Å². The molecule has 0 radical (unpaired) electrons. The Morgan fingerprint density at radius 3 is 2.67 bits per heavy atom. The topological polar surface area (TPSA) is 29.9 Å². The lowest BCUT2D eigenvalue weighted by Gasteiger charge is -2.16. The molecule has 1 aromatic heterocycles. The van der Waals surface area contributed by atoms with Crippen LogP contribution in [0.4, 0.5) is 0 Å². The summed E-state index contributed by atoms with van der Waals surface area (Å²) in [5.41, 5.74) is 1.27. The number of aromatic nitrogens is 2. The maximum atomic E-state index is 4.18. The Morgan fingerprint density at radius 2 is 2.17 bits per heavy atom. The first-order valence-electron chi connectivity index (χ1n) is 6.63. The summed E-state index contributed by atoms with van der Waals surface area (Å²) in [5.74, 6) is 6.59. The SMILES string of the molecule is CCCNC(CC#CC(C)(C)C)c1cncn1C. The summed E-state index contributed by atoms with van der Waals surface area (Å²) in [4.78, 5) is 4.18.